The van der Waals surface area contributed by atoms with Crippen molar-refractivity contribution in [3.05, 3.63) is 58.6 Å². The number of hydrogen-bond donors (Lipinski definition) is 1. The van der Waals surface area contributed by atoms with Crippen molar-refractivity contribution in [1.29, 1.82) is 0 Å². The van der Waals surface area contributed by atoms with Crippen LogP contribution in [0.3, 0.4) is 0 Å². The van der Waals surface area contributed by atoms with Crippen molar-refractivity contribution >= 4 is 17.5 Å². The van der Waals surface area contributed by atoms with E-state index in [-0.39, 0.29) is 0 Å². The molecule has 0 spiro atoms. The van der Waals surface area contributed by atoms with Crippen LogP contribution in [0.4, 0.5) is 0 Å². The Bertz CT molecular complexity index is 557. The van der Waals surface area contributed by atoms with Crippen LogP contribution < -0.4 is 5.73 Å². The largest absolute Gasteiger partial charge is 0.366 e. The van der Waals surface area contributed by atoms with Gasteiger partial charge in [0.25, 0.3) is 0 Å². The summed E-state index contributed by atoms with van der Waals surface area (Å²) in [6.45, 7) is 0. The number of nitrogens with zero attached hydrogens (tertiary/aromatic N) is 2. The molecule has 1 aromatic carbocycles. The normalized spacial score (nSPS) is 10.2. The predicted molar refractivity (Wildman–Crippen MR) is 64.8 cm³/mol. The van der Waals surface area contributed by atoms with Crippen molar-refractivity contribution in [1.82, 2.24) is 9.97 Å². The number of nitrogens with two attached hydrogens (primary N) is 1. The van der Waals surface area contributed by atoms with Crippen molar-refractivity contribution in [2.45, 2.75) is 6.42 Å². The molecule has 0 bridgehead atoms. The predicted octanol–water partition coefficient (Wildman–Crippen LogP) is 1.82. The molecule has 1 amide bonds. The minimum Gasteiger partial charge on any atom is -0.366 e. The van der Waals surface area contributed by atoms with Crippen molar-refractivity contribution < 1.29 is 4.79 Å². The number of halogens is 1. The number of hydrogen-bond acceptors (Lipinski definition) is 3. The second-order valence-corrected chi connectivity index (χ2v) is 3.85. The van der Waals surface area contributed by atoms with Crippen LogP contribution in [0.2, 0.25) is 5.15 Å². The molecule has 4 nitrogen and oxygen atoms in total. The Morgan fingerprint density at radius 3 is 2.65 bits per heavy atom. The monoisotopic (exact) mass is 247 g/mol. The van der Waals surface area contributed by atoms with Gasteiger partial charge in [0.2, 0.25) is 5.91 Å². The zero-order valence-corrected chi connectivity index (χ0v) is 9.69. The van der Waals surface area contributed by atoms with Gasteiger partial charge in [0.05, 0.1) is 5.69 Å². The van der Waals surface area contributed by atoms with E-state index >= 15 is 0 Å². The van der Waals surface area contributed by atoms with E-state index in [1.807, 2.05) is 12.1 Å². The molecule has 2 N–H and O–H groups in total. The highest BCUT2D eigenvalue weighted by atomic mass is 35.5. The van der Waals surface area contributed by atoms with Gasteiger partial charge in [-0.25, -0.2) is 4.98 Å². The first-order valence-electron chi connectivity index (χ1n) is 5.01. The van der Waals surface area contributed by atoms with Gasteiger partial charge < -0.3 is 5.73 Å². The maximum Gasteiger partial charge on any atom is 0.248 e. The van der Waals surface area contributed by atoms with E-state index in [2.05, 4.69) is 9.97 Å². The zero-order valence-electron chi connectivity index (χ0n) is 8.93. The second-order valence-electron chi connectivity index (χ2n) is 3.49. The number of carbonyl (C=O) groups excluding carboxylic acids is 1. The van der Waals surface area contributed by atoms with Crippen LogP contribution >= 0.6 is 11.6 Å². The van der Waals surface area contributed by atoms with Crippen molar-refractivity contribution in [3.63, 3.8) is 0 Å². The molecule has 0 aliphatic carbocycles. The summed E-state index contributed by atoms with van der Waals surface area (Å²) in [4.78, 5) is 19.3. The van der Waals surface area contributed by atoms with Gasteiger partial charge in [-0.2, -0.15) is 0 Å². The van der Waals surface area contributed by atoms with Gasteiger partial charge in [-0.15, -0.1) is 0 Å². The minimum atomic E-state index is -0.458. The van der Waals surface area contributed by atoms with E-state index < -0.39 is 5.91 Å². The Morgan fingerprint density at radius 2 is 1.94 bits per heavy atom. The van der Waals surface area contributed by atoms with E-state index in [1.54, 1.807) is 18.3 Å². The number of rotatable bonds is 3. The molecule has 1 aromatic heterocycles. The third-order valence-electron chi connectivity index (χ3n) is 2.36. The number of primary amides is 1. The molecule has 0 saturated carbocycles. The molecule has 0 fully saturated rings. The van der Waals surface area contributed by atoms with Crippen LogP contribution in [-0.2, 0) is 6.42 Å². The molecule has 17 heavy (non-hydrogen) atoms. The summed E-state index contributed by atoms with van der Waals surface area (Å²) in [6, 6.07) is 7.11. The Morgan fingerprint density at radius 1 is 1.24 bits per heavy atom. The average molecular weight is 248 g/mol. The molecular formula is C12H10ClN3O. The maximum atomic E-state index is 11.3. The molecule has 86 valence electrons. The van der Waals surface area contributed by atoms with Crippen LogP contribution in [-0.4, -0.2) is 15.9 Å². The van der Waals surface area contributed by atoms with E-state index in [0.29, 0.717) is 22.8 Å². The van der Waals surface area contributed by atoms with Crippen molar-refractivity contribution in [2.75, 3.05) is 0 Å². The fourth-order valence-electron chi connectivity index (χ4n) is 1.56. The lowest BCUT2D eigenvalue weighted by Crippen LogP contribution is -2.14. The Balaban J connectivity index is 2.37. The first-order chi connectivity index (χ1) is 8.18. The van der Waals surface area contributed by atoms with E-state index in [1.165, 1.54) is 6.20 Å². The molecular weight excluding hydrogens is 238 g/mol. The summed E-state index contributed by atoms with van der Waals surface area (Å²) < 4.78 is 0. The molecule has 0 unspecified atom stereocenters. The Kier molecular flexibility index (Phi) is 3.35. The first-order valence-corrected chi connectivity index (χ1v) is 5.39. The molecule has 1 heterocycles. The summed E-state index contributed by atoms with van der Waals surface area (Å²) >= 11 is 5.92. The number of carbonyl (C=O) groups is 1. The first kappa shape index (κ1) is 11.5. The molecule has 0 radical (unpaired) electrons. The Hall–Kier alpha value is -1.94. The average Bonchev–Trinajstić information content (AvgIpc) is 2.32. The molecule has 0 aliphatic rings. The second kappa shape index (κ2) is 4.93. The molecule has 2 aromatic rings. The fourth-order valence-corrected chi connectivity index (χ4v) is 1.74. The van der Waals surface area contributed by atoms with Gasteiger partial charge >= 0.3 is 0 Å². The standard InChI is InChI=1S/C12H10ClN3O/c13-11-10(15-5-6-16-11)7-8-3-1-2-4-9(8)12(14)17/h1-6H,7H2,(H2,14,17). The van der Waals surface area contributed by atoms with E-state index in [0.717, 1.165) is 5.56 Å². The number of aromatic nitrogens is 2. The third kappa shape index (κ3) is 2.60. The smallest absolute Gasteiger partial charge is 0.248 e. The molecule has 0 saturated heterocycles. The summed E-state index contributed by atoms with van der Waals surface area (Å²) in [5.41, 5.74) is 7.20. The van der Waals surface area contributed by atoms with Gasteiger partial charge in [-0.1, -0.05) is 29.8 Å². The van der Waals surface area contributed by atoms with Gasteiger partial charge in [-0.05, 0) is 11.6 Å². The van der Waals surface area contributed by atoms with Crippen LogP contribution in [0.15, 0.2) is 36.7 Å². The lowest BCUT2D eigenvalue weighted by atomic mass is 10.0. The number of benzene rings is 1. The highest BCUT2D eigenvalue weighted by Gasteiger charge is 2.10. The highest BCUT2D eigenvalue weighted by molar-refractivity contribution is 6.30. The number of amides is 1. The fraction of sp³-hybridized carbons (Fsp3) is 0.0833. The minimum absolute atomic E-state index is 0.340. The zero-order chi connectivity index (χ0) is 12.3. The topological polar surface area (TPSA) is 68.9 Å². The maximum absolute atomic E-state index is 11.3. The summed E-state index contributed by atoms with van der Waals surface area (Å²) in [6.07, 6.45) is 3.52. The van der Waals surface area contributed by atoms with Gasteiger partial charge in [0.15, 0.2) is 5.15 Å². The van der Waals surface area contributed by atoms with Gasteiger partial charge in [-0.3, -0.25) is 9.78 Å². The van der Waals surface area contributed by atoms with Crippen LogP contribution in [0, 0.1) is 0 Å². The SMILES string of the molecule is NC(=O)c1ccccc1Cc1nccnc1Cl. The molecule has 2 rings (SSSR count). The highest BCUT2D eigenvalue weighted by Crippen LogP contribution is 2.16. The summed E-state index contributed by atoms with van der Waals surface area (Å²) in [7, 11) is 0. The molecule has 5 heteroatoms. The molecule has 0 atom stereocenters. The Labute approximate surface area is 103 Å². The summed E-state index contributed by atoms with van der Waals surface area (Å²) in [5.74, 6) is -0.458. The lowest BCUT2D eigenvalue weighted by molar-refractivity contribution is 0.0999. The molecule has 0 aliphatic heterocycles. The quantitative estimate of drug-likeness (QED) is 0.900. The van der Waals surface area contributed by atoms with Crippen molar-refractivity contribution in [3.8, 4) is 0 Å². The lowest BCUT2D eigenvalue weighted by Gasteiger charge is -2.06. The van der Waals surface area contributed by atoms with Crippen LogP contribution in [0.1, 0.15) is 21.6 Å². The van der Waals surface area contributed by atoms with Crippen LogP contribution in [0.25, 0.3) is 0 Å². The van der Waals surface area contributed by atoms with E-state index in [4.69, 9.17) is 17.3 Å². The van der Waals surface area contributed by atoms with Crippen LogP contribution in [0.5, 0.6) is 0 Å². The third-order valence-corrected chi connectivity index (χ3v) is 2.68. The van der Waals surface area contributed by atoms with Gasteiger partial charge in [0.1, 0.15) is 0 Å². The van der Waals surface area contributed by atoms with E-state index in [9.17, 15) is 4.79 Å². The van der Waals surface area contributed by atoms with Gasteiger partial charge in [0, 0.05) is 24.4 Å². The van der Waals surface area contributed by atoms with Crippen molar-refractivity contribution in [2.24, 2.45) is 5.73 Å². The summed E-state index contributed by atoms with van der Waals surface area (Å²) in [5, 5.41) is 0.340.